The van der Waals surface area contributed by atoms with E-state index in [-0.39, 0.29) is 17.1 Å². The number of nitrogens with two attached hydrogens (primary N) is 1. The number of fused-ring (bicyclic) bond motifs is 1. The molecule has 112 valence electrons. The first kappa shape index (κ1) is 14.1. The number of benzene rings is 1. The summed E-state index contributed by atoms with van der Waals surface area (Å²) in [5, 5.41) is 0. The fraction of sp³-hybridized carbons (Fsp3) is 0.467. The Morgan fingerprint density at radius 2 is 1.90 bits per heavy atom. The molecule has 0 radical (unpaired) electrons. The minimum absolute atomic E-state index is 0.0730. The lowest BCUT2D eigenvalue weighted by atomic mass is 9.95. The van der Waals surface area contributed by atoms with Gasteiger partial charge in [-0.15, -0.1) is 0 Å². The molecule has 0 amide bonds. The van der Waals surface area contributed by atoms with Gasteiger partial charge in [-0.3, -0.25) is 9.97 Å². The van der Waals surface area contributed by atoms with Crippen LogP contribution in [0, 0.1) is 5.92 Å². The summed E-state index contributed by atoms with van der Waals surface area (Å²) in [5.41, 5.74) is 7.64. The highest BCUT2D eigenvalue weighted by atomic mass is 19.3. The third kappa shape index (κ3) is 2.68. The standard InChI is InChI=1S/C15H18F2N4/c1-9-6-10(18)8-21(7-9)12-3-2-11(15(16)17)13-14(12)20-5-4-19-13/h2-5,9-10,15H,6-8,18H2,1H3/t9-,10+/m0/s1. The van der Waals surface area contributed by atoms with Crippen molar-refractivity contribution in [2.45, 2.75) is 25.8 Å². The Morgan fingerprint density at radius 1 is 1.19 bits per heavy atom. The topological polar surface area (TPSA) is 55.0 Å². The zero-order valence-electron chi connectivity index (χ0n) is 11.8. The van der Waals surface area contributed by atoms with Crippen molar-refractivity contribution in [1.29, 1.82) is 0 Å². The molecule has 4 nitrogen and oxygen atoms in total. The maximum Gasteiger partial charge on any atom is 0.266 e. The van der Waals surface area contributed by atoms with Crippen molar-refractivity contribution in [2.75, 3.05) is 18.0 Å². The monoisotopic (exact) mass is 292 g/mol. The normalized spacial score (nSPS) is 23.0. The van der Waals surface area contributed by atoms with E-state index in [1.807, 2.05) is 0 Å². The molecule has 0 aliphatic carbocycles. The number of alkyl halides is 2. The molecule has 2 heterocycles. The summed E-state index contributed by atoms with van der Waals surface area (Å²) in [5.74, 6) is 0.468. The van der Waals surface area contributed by atoms with Gasteiger partial charge in [0.25, 0.3) is 6.43 Å². The first-order valence-corrected chi connectivity index (χ1v) is 7.08. The number of piperidine rings is 1. The molecule has 1 saturated heterocycles. The van der Waals surface area contributed by atoms with E-state index in [9.17, 15) is 8.78 Å². The largest absolute Gasteiger partial charge is 0.368 e. The van der Waals surface area contributed by atoms with Gasteiger partial charge in [-0.1, -0.05) is 6.92 Å². The van der Waals surface area contributed by atoms with E-state index in [0.717, 1.165) is 18.7 Å². The lowest BCUT2D eigenvalue weighted by Gasteiger charge is -2.36. The summed E-state index contributed by atoms with van der Waals surface area (Å²) in [7, 11) is 0. The van der Waals surface area contributed by atoms with Gasteiger partial charge in [-0.2, -0.15) is 0 Å². The van der Waals surface area contributed by atoms with Crippen LogP contribution in [0.5, 0.6) is 0 Å². The van der Waals surface area contributed by atoms with Gasteiger partial charge in [0.05, 0.1) is 11.2 Å². The van der Waals surface area contributed by atoms with Crippen LogP contribution in [0.4, 0.5) is 14.5 Å². The Labute approximate surface area is 122 Å². The second-order valence-corrected chi connectivity index (χ2v) is 5.73. The molecule has 1 aromatic heterocycles. The second kappa shape index (κ2) is 5.52. The van der Waals surface area contributed by atoms with Crippen LogP contribution in [0.25, 0.3) is 11.0 Å². The van der Waals surface area contributed by atoms with Crippen molar-refractivity contribution < 1.29 is 8.78 Å². The highest BCUT2D eigenvalue weighted by molar-refractivity contribution is 5.90. The Hall–Kier alpha value is -1.82. The number of hydrogen-bond donors (Lipinski definition) is 1. The quantitative estimate of drug-likeness (QED) is 0.924. The Kier molecular flexibility index (Phi) is 3.71. The van der Waals surface area contributed by atoms with Gasteiger partial charge < -0.3 is 10.6 Å². The minimum Gasteiger partial charge on any atom is -0.368 e. The Bertz CT molecular complexity index is 637. The first-order valence-electron chi connectivity index (χ1n) is 7.08. The van der Waals surface area contributed by atoms with E-state index in [2.05, 4.69) is 21.8 Å². The fourth-order valence-corrected chi connectivity index (χ4v) is 3.09. The average molecular weight is 292 g/mol. The predicted octanol–water partition coefficient (Wildman–Crippen LogP) is 2.74. The van der Waals surface area contributed by atoms with Crippen LogP contribution in [0.1, 0.15) is 25.3 Å². The number of hydrogen-bond acceptors (Lipinski definition) is 4. The molecule has 6 heteroatoms. The molecule has 2 N–H and O–H groups in total. The van der Waals surface area contributed by atoms with Gasteiger partial charge >= 0.3 is 0 Å². The predicted molar refractivity (Wildman–Crippen MR) is 78.5 cm³/mol. The molecule has 1 aromatic carbocycles. The van der Waals surface area contributed by atoms with Gasteiger partial charge in [0.1, 0.15) is 5.52 Å². The van der Waals surface area contributed by atoms with Crippen LogP contribution >= 0.6 is 0 Å². The summed E-state index contributed by atoms with van der Waals surface area (Å²) in [6.07, 6.45) is 1.41. The molecule has 3 rings (SSSR count). The second-order valence-electron chi connectivity index (χ2n) is 5.73. The zero-order chi connectivity index (χ0) is 15.0. The SMILES string of the molecule is C[C@H]1C[C@@H](N)CN(c2ccc(C(F)F)c3nccnc23)C1. The van der Waals surface area contributed by atoms with Gasteiger partial charge in [-0.25, -0.2) is 8.78 Å². The number of anilines is 1. The van der Waals surface area contributed by atoms with Gasteiger partial charge in [0.2, 0.25) is 0 Å². The van der Waals surface area contributed by atoms with Crippen LogP contribution in [0.15, 0.2) is 24.5 Å². The van der Waals surface area contributed by atoms with Crippen molar-refractivity contribution in [1.82, 2.24) is 9.97 Å². The molecular formula is C15H18F2N4. The molecule has 0 unspecified atom stereocenters. The summed E-state index contributed by atoms with van der Waals surface area (Å²) in [6.45, 7) is 3.71. The third-order valence-corrected chi connectivity index (χ3v) is 3.90. The lowest BCUT2D eigenvalue weighted by Crippen LogP contribution is -2.46. The van der Waals surface area contributed by atoms with Crippen molar-refractivity contribution in [3.8, 4) is 0 Å². The number of rotatable bonds is 2. The Balaban J connectivity index is 2.09. The third-order valence-electron chi connectivity index (χ3n) is 3.90. The van der Waals surface area contributed by atoms with E-state index in [1.165, 1.54) is 18.5 Å². The van der Waals surface area contributed by atoms with Crippen LogP contribution in [-0.4, -0.2) is 29.1 Å². The molecule has 0 spiro atoms. The summed E-state index contributed by atoms with van der Waals surface area (Å²) >= 11 is 0. The number of halogens is 2. The van der Waals surface area contributed by atoms with Crippen molar-refractivity contribution in [3.63, 3.8) is 0 Å². The van der Waals surface area contributed by atoms with E-state index < -0.39 is 6.43 Å². The Morgan fingerprint density at radius 3 is 2.57 bits per heavy atom. The number of aromatic nitrogens is 2. The summed E-state index contributed by atoms with van der Waals surface area (Å²) < 4.78 is 26.2. The first-order chi connectivity index (χ1) is 10.1. The highest BCUT2D eigenvalue weighted by Gasteiger charge is 2.25. The zero-order valence-corrected chi connectivity index (χ0v) is 11.8. The van der Waals surface area contributed by atoms with Gasteiger partial charge in [0, 0.05) is 37.1 Å². The highest BCUT2D eigenvalue weighted by Crippen LogP contribution is 2.33. The molecular weight excluding hydrogens is 274 g/mol. The summed E-state index contributed by atoms with van der Waals surface area (Å²) in [4.78, 5) is 10.5. The minimum atomic E-state index is -2.55. The van der Waals surface area contributed by atoms with E-state index in [4.69, 9.17) is 5.73 Å². The van der Waals surface area contributed by atoms with Crippen molar-refractivity contribution >= 4 is 16.7 Å². The van der Waals surface area contributed by atoms with Crippen molar-refractivity contribution in [3.05, 3.63) is 30.1 Å². The van der Waals surface area contributed by atoms with Crippen LogP contribution in [-0.2, 0) is 0 Å². The smallest absolute Gasteiger partial charge is 0.266 e. The maximum atomic E-state index is 13.1. The summed E-state index contributed by atoms with van der Waals surface area (Å²) in [6, 6.07) is 3.25. The molecule has 21 heavy (non-hydrogen) atoms. The maximum absolute atomic E-state index is 13.1. The molecule has 2 aromatic rings. The fourth-order valence-electron chi connectivity index (χ4n) is 3.09. The van der Waals surface area contributed by atoms with Gasteiger partial charge in [0.15, 0.2) is 0 Å². The molecule has 1 fully saturated rings. The van der Waals surface area contributed by atoms with Crippen LogP contribution < -0.4 is 10.6 Å². The van der Waals surface area contributed by atoms with Crippen molar-refractivity contribution in [2.24, 2.45) is 11.7 Å². The molecule has 1 aliphatic rings. The van der Waals surface area contributed by atoms with Crippen LogP contribution in [0.2, 0.25) is 0 Å². The van der Waals surface area contributed by atoms with Crippen LogP contribution in [0.3, 0.4) is 0 Å². The molecule has 2 atom stereocenters. The van der Waals surface area contributed by atoms with E-state index >= 15 is 0 Å². The lowest BCUT2D eigenvalue weighted by molar-refractivity contribution is 0.153. The number of nitrogens with zero attached hydrogens (tertiary/aromatic N) is 3. The van der Waals surface area contributed by atoms with Gasteiger partial charge in [-0.05, 0) is 24.5 Å². The van der Waals surface area contributed by atoms with E-state index in [0.29, 0.717) is 18.0 Å². The average Bonchev–Trinajstić information content (AvgIpc) is 2.44. The van der Waals surface area contributed by atoms with E-state index in [1.54, 1.807) is 6.07 Å². The molecule has 0 saturated carbocycles. The molecule has 0 bridgehead atoms. The molecule has 1 aliphatic heterocycles.